The Bertz CT molecular complexity index is 278. The van der Waals surface area contributed by atoms with Crippen molar-refractivity contribution < 1.29 is 4.74 Å². The van der Waals surface area contributed by atoms with E-state index in [4.69, 9.17) is 4.74 Å². The number of fused-ring (bicyclic) bond motifs is 1. The molecule has 1 nitrogen and oxygen atoms in total. The van der Waals surface area contributed by atoms with Crippen LogP contribution in [0.5, 0.6) is 5.75 Å². The third-order valence-electron chi connectivity index (χ3n) is 2.30. The number of hydrogen-bond acceptors (Lipinski definition) is 1. The summed E-state index contributed by atoms with van der Waals surface area (Å²) in [5, 5.41) is 0. The molecule has 1 aromatic carbocycles. The van der Waals surface area contributed by atoms with Gasteiger partial charge in [-0.25, -0.2) is 0 Å². The highest BCUT2D eigenvalue weighted by molar-refractivity contribution is 5.40. The van der Waals surface area contributed by atoms with Crippen LogP contribution >= 0.6 is 0 Å². The first kappa shape index (κ1) is 7.66. The predicted octanol–water partition coefficient (Wildman–Crippen LogP) is 2.57. The van der Waals surface area contributed by atoms with Crippen LogP contribution in [0.1, 0.15) is 24.5 Å². The van der Waals surface area contributed by atoms with Gasteiger partial charge in [0.15, 0.2) is 0 Å². The van der Waals surface area contributed by atoms with Gasteiger partial charge in [-0.15, -0.1) is 0 Å². The first-order chi connectivity index (χ1) is 5.90. The third kappa shape index (κ3) is 1.31. The van der Waals surface area contributed by atoms with Gasteiger partial charge in [0.2, 0.25) is 0 Å². The first-order valence-corrected chi connectivity index (χ1v) is 4.65. The molecule has 12 heavy (non-hydrogen) atoms. The SMILES string of the molecule is CCCc1ccc2c(c1)OCC2. The number of benzene rings is 1. The van der Waals surface area contributed by atoms with Gasteiger partial charge in [0.05, 0.1) is 6.61 Å². The van der Waals surface area contributed by atoms with Gasteiger partial charge in [0.25, 0.3) is 0 Å². The van der Waals surface area contributed by atoms with Crippen molar-refractivity contribution in [2.75, 3.05) is 6.61 Å². The first-order valence-electron chi connectivity index (χ1n) is 4.65. The van der Waals surface area contributed by atoms with Gasteiger partial charge in [-0.3, -0.25) is 0 Å². The molecule has 0 fully saturated rings. The van der Waals surface area contributed by atoms with Crippen LogP contribution in [0.3, 0.4) is 0 Å². The summed E-state index contributed by atoms with van der Waals surface area (Å²) in [5.74, 6) is 1.11. The average molecular weight is 162 g/mol. The fourth-order valence-corrected chi connectivity index (χ4v) is 1.65. The molecule has 1 aliphatic heterocycles. The number of rotatable bonds is 2. The quantitative estimate of drug-likeness (QED) is 0.649. The second kappa shape index (κ2) is 3.18. The molecule has 1 heterocycles. The number of hydrogen-bond donors (Lipinski definition) is 0. The Morgan fingerprint density at radius 1 is 1.42 bits per heavy atom. The van der Waals surface area contributed by atoms with Crippen LogP contribution in [-0.2, 0) is 12.8 Å². The van der Waals surface area contributed by atoms with E-state index >= 15 is 0 Å². The summed E-state index contributed by atoms with van der Waals surface area (Å²) in [4.78, 5) is 0. The van der Waals surface area contributed by atoms with Crippen molar-refractivity contribution in [3.8, 4) is 5.75 Å². The molecule has 64 valence electrons. The minimum atomic E-state index is 0.866. The fourth-order valence-electron chi connectivity index (χ4n) is 1.65. The van der Waals surface area contributed by atoms with Gasteiger partial charge in [-0.2, -0.15) is 0 Å². The zero-order chi connectivity index (χ0) is 8.39. The lowest BCUT2D eigenvalue weighted by Crippen LogP contribution is -1.87. The van der Waals surface area contributed by atoms with E-state index in [0.717, 1.165) is 25.2 Å². The second-order valence-electron chi connectivity index (χ2n) is 3.29. The van der Waals surface area contributed by atoms with E-state index in [1.165, 1.54) is 17.5 Å². The molecule has 0 spiro atoms. The Kier molecular flexibility index (Phi) is 2.03. The number of ether oxygens (including phenoxy) is 1. The van der Waals surface area contributed by atoms with E-state index in [1.54, 1.807) is 0 Å². The summed E-state index contributed by atoms with van der Waals surface area (Å²) in [7, 11) is 0. The Balaban J connectivity index is 2.26. The lowest BCUT2D eigenvalue weighted by atomic mass is 10.1. The van der Waals surface area contributed by atoms with Gasteiger partial charge in [0.1, 0.15) is 5.75 Å². The van der Waals surface area contributed by atoms with E-state index in [1.807, 2.05) is 0 Å². The Hall–Kier alpha value is -0.980. The highest BCUT2D eigenvalue weighted by Gasteiger charge is 2.11. The second-order valence-corrected chi connectivity index (χ2v) is 3.29. The highest BCUT2D eigenvalue weighted by Crippen LogP contribution is 2.26. The molecule has 1 aliphatic rings. The summed E-state index contributed by atoms with van der Waals surface area (Å²) in [6, 6.07) is 6.61. The zero-order valence-electron chi connectivity index (χ0n) is 7.47. The molecule has 2 rings (SSSR count). The van der Waals surface area contributed by atoms with Crippen LogP contribution in [0.25, 0.3) is 0 Å². The predicted molar refractivity (Wildman–Crippen MR) is 49.6 cm³/mol. The summed E-state index contributed by atoms with van der Waals surface area (Å²) in [6.07, 6.45) is 3.46. The van der Waals surface area contributed by atoms with Crippen LogP contribution < -0.4 is 4.74 Å². The lowest BCUT2D eigenvalue weighted by Gasteiger charge is -2.02. The summed E-state index contributed by atoms with van der Waals surface area (Å²) in [5.41, 5.74) is 2.77. The molecule has 0 aliphatic carbocycles. The maximum Gasteiger partial charge on any atom is 0.122 e. The molecular weight excluding hydrogens is 148 g/mol. The van der Waals surface area contributed by atoms with Gasteiger partial charge in [-0.05, 0) is 23.6 Å². The average Bonchev–Trinajstić information content (AvgIpc) is 2.51. The van der Waals surface area contributed by atoms with Crippen LogP contribution in [0.2, 0.25) is 0 Å². The minimum Gasteiger partial charge on any atom is -0.493 e. The molecule has 0 saturated heterocycles. The van der Waals surface area contributed by atoms with Crippen LogP contribution in [0.4, 0.5) is 0 Å². The van der Waals surface area contributed by atoms with Gasteiger partial charge >= 0.3 is 0 Å². The standard InChI is InChI=1S/C11H14O/c1-2-3-9-4-5-10-6-7-12-11(10)8-9/h4-5,8H,2-3,6-7H2,1H3. The number of aryl methyl sites for hydroxylation is 1. The van der Waals surface area contributed by atoms with E-state index < -0.39 is 0 Å². The van der Waals surface area contributed by atoms with Crippen molar-refractivity contribution in [1.29, 1.82) is 0 Å². The summed E-state index contributed by atoms with van der Waals surface area (Å²) >= 11 is 0. The Morgan fingerprint density at radius 3 is 3.17 bits per heavy atom. The smallest absolute Gasteiger partial charge is 0.122 e. The van der Waals surface area contributed by atoms with Crippen molar-refractivity contribution in [2.45, 2.75) is 26.2 Å². The zero-order valence-corrected chi connectivity index (χ0v) is 7.47. The van der Waals surface area contributed by atoms with Crippen molar-refractivity contribution in [3.63, 3.8) is 0 Å². The van der Waals surface area contributed by atoms with E-state index in [0.29, 0.717) is 0 Å². The molecule has 0 amide bonds. The van der Waals surface area contributed by atoms with Crippen molar-refractivity contribution >= 4 is 0 Å². The van der Waals surface area contributed by atoms with Crippen molar-refractivity contribution in [3.05, 3.63) is 29.3 Å². The van der Waals surface area contributed by atoms with Crippen molar-refractivity contribution in [2.24, 2.45) is 0 Å². The maximum absolute atomic E-state index is 5.49. The fraction of sp³-hybridized carbons (Fsp3) is 0.455. The van der Waals surface area contributed by atoms with E-state index in [2.05, 4.69) is 25.1 Å². The van der Waals surface area contributed by atoms with Gasteiger partial charge < -0.3 is 4.74 Å². The molecule has 1 heteroatoms. The maximum atomic E-state index is 5.49. The van der Waals surface area contributed by atoms with E-state index in [9.17, 15) is 0 Å². The largest absolute Gasteiger partial charge is 0.493 e. The molecule has 0 aromatic heterocycles. The molecular formula is C11H14O. The lowest BCUT2D eigenvalue weighted by molar-refractivity contribution is 0.356. The normalized spacial score (nSPS) is 14.1. The topological polar surface area (TPSA) is 9.23 Å². The molecule has 0 N–H and O–H groups in total. The van der Waals surface area contributed by atoms with Crippen molar-refractivity contribution in [1.82, 2.24) is 0 Å². The molecule has 1 aromatic rings. The Morgan fingerprint density at radius 2 is 2.33 bits per heavy atom. The monoisotopic (exact) mass is 162 g/mol. The third-order valence-corrected chi connectivity index (χ3v) is 2.30. The molecule has 0 atom stereocenters. The van der Waals surface area contributed by atoms with Gasteiger partial charge in [-0.1, -0.05) is 25.5 Å². The van der Waals surface area contributed by atoms with Crippen LogP contribution in [0, 0.1) is 0 Å². The highest BCUT2D eigenvalue weighted by atomic mass is 16.5. The molecule has 0 saturated carbocycles. The van der Waals surface area contributed by atoms with Crippen LogP contribution in [0.15, 0.2) is 18.2 Å². The minimum absolute atomic E-state index is 0.866. The summed E-state index contributed by atoms with van der Waals surface area (Å²) < 4.78 is 5.49. The summed E-state index contributed by atoms with van der Waals surface area (Å²) in [6.45, 7) is 3.07. The molecule has 0 radical (unpaired) electrons. The molecule has 0 bridgehead atoms. The van der Waals surface area contributed by atoms with Crippen LogP contribution in [-0.4, -0.2) is 6.61 Å². The van der Waals surface area contributed by atoms with E-state index in [-0.39, 0.29) is 0 Å². The Labute approximate surface area is 73.4 Å². The van der Waals surface area contributed by atoms with Gasteiger partial charge in [0, 0.05) is 6.42 Å². The molecule has 0 unspecified atom stereocenters.